The lowest BCUT2D eigenvalue weighted by Crippen LogP contribution is -1.98. The third-order valence-electron chi connectivity index (χ3n) is 3.52. The van der Waals surface area contributed by atoms with Crippen LogP contribution in [-0.2, 0) is 12.8 Å². The van der Waals surface area contributed by atoms with Crippen LogP contribution in [0.1, 0.15) is 17.0 Å². The van der Waals surface area contributed by atoms with E-state index in [-0.39, 0.29) is 12.2 Å². The Labute approximate surface area is 127 Å². The van der Waals surface area contributed by atoms with E-state index in [4.69, 9.17) is 10.00 Å². The zero-order valence-corrected chi connectivity index (χ0v) is 12.1. The predicted molar refractivity (Wildman–Crippen MR) is 80.3 cm³/mol. The van der Waals surface area contributed by atoms with Crippen molar-refractivity contribution in [2.24, 2.45) is 0 Å². The van der Waals surface area contributed by atoms with Crippen molar-refractivity contribution in [3.8, 4) is 11.8 Å². The van der Waals surface area contributed by atoms with Crippen molar-refractivity contribution in [3.05, 3.63) is 65.4 Å². The average Bonchev–Trinajstić information content (AvgIpc) is 2.85. The fourth-order valence-electron chi connectivity index (χ4n) is 2.50. The second-order valence-corrected chi connectivity index (χ2v) is 4.94. The summed E-state index contributed by atoms with van der Waals surface area (Å²) in [5.74, 6) is 0.422. The van der Waals surface area contributed by atoms with Crippen molar-refractivity contribution in [3.63, 3.8) is 0 Å². The van der Waals surface area contributed by atoms with Crippen molar-refractivity contribution < 1.29 is 9.13 Å². The molecule has 5 heteroatoms. The molecule has 2 heterocycles. The van der Waals surface area contributed by atoms with E-state index in [0.29, 0.717) is 12.1 Å². The second kappa shape index (κ2) is 5.86. The van der Waals surface area contributed by atoms with Gasteiger partial charge >= 0.3 is 0 Å². The third kappa shape index (κ3) is 2.63. The van der Waals surface area contributed by atoms with Gasteiger partial charge in [-0.05, 0) is 29.8 Å². The normalized spacial score (nSPS) is 10.6. The first-order valence-electron chi connectivity index (χ1n) is 6.86. The first-order chi connectivity index (χ1) is 10.7. The summed E-state index contributed by atoms with van der Waals surface area (Å²) in [4.78, 5) is 4.53. The molecule has 0 bridgehead atoms. The highest BCUT2D eigenvalue weighted by atomic mass is 19.1. The Kier molecular flexibility index (Phi) is 3.75. The maximum absolute atomic E-state index is 13.4. The Morgan fingerprint density at radius 2 is 2.18 bits per heavy atom. The second-order valence-electron chi connectivity index (χ2n) is 4.94. The molecule has 0 saturated heterocycles. The highest BCUT2D eigenvalue weighted by Crippen LogP contribution is 2.20. The number of fused-ring (bicyclic) bond motifs is 1. The number of benzene rings is 1. The molecule has 3 aromatic rings. The number of pyridine rings is 1. The SMILES string of the molecule is COc1cccc(Cc2nc3ccc(F)cn3c2CC#N)c1. The van der Waals surface area contributed by atoms with Crippen LogP contribution in [0.25, 0.3) is 5.65 Å². The summed E-state index contributed by atoms with van der Waals surface area (Å²) in [6, 6.07) is 12.8. The molecule has 0 radical (unpaired) electrons. The lowest BCUT2D eigenvalue weighted by Gasteiger charge is -2.04. The molecule has 0 fully saturated rings. The van der Waals surface area contributed by atoms with Gasteiger partial charge in [-0.2, -0.15) is 5.26 Å². The van der Waals surface area contributed by atoms with Crippen molar-refractivity contribution in [2.75, 3.05) is 7.11 Å². The third-order valence-corrected chi connectivity index (χ3v) is 3.52. The molecular weight excluding hydrogens is 281 g/mol. The minimum absolute atomic E-state index is 0.184. The van der Waals surface area contributed by atoms with E-state index in [1.807, 2.05) is 24.3 Å². The molecule has 0 unspecified atom stereocenters. The van der Waals surface area contributed by atoms with Gasteiger partial charge in [-0.25, -0.2) is 9.37 Å². The summed E-state index contributed by atoms with van der Waals surface area (Å²) in [5.41, 5.74) is 3.17. The molecule has 1 aromatic carbocycles. The molecule has 110 valence electrons. The van der Waals surface area contributed by atoms with Crippen LogP contribution in [-0.4, -0.2) is 16.5 Å². The molecular formula is C17H14FN3O. The van der Waals surface area contributed by atoms with Crippen LogP contribution in [0, 0.1) is 17.1 Å². The number of rotatable bonds is 4. The molecule has 0 aliphatic heterocycles. The zero-order chi connectivity index (χ0) is 15.5. The van der Waals surface area contributed by atoms with Crippen LogP contribution in [0.3, 0.4) is 0 Å². The van der Waals surface area contributed by atoms with Crippen LogP contribution in [0.5, 0.6) is 5.75 Å². The Morgan fingerprint density at radius 1 is 1.32 bits per heavy atom. The first-order valence-corrected chi connectivity index (χ1v) is 6.86. The maximum atomic E-state index is 13.4. The molecule has 0 atom stereocenters. The number of imidazole rings is 1. The lowest BCUT2D eigenvalue weighted by molar-refractivity contribution is 0.414. The van der Waals surface area contributed by atoms with E-state index in [9.17, 15) is 4.39 Å². The number of nitrogens with zero attached hydrogens (tertiary/aromatic N) is 3. The Hall–Kier alpha value is -2.87. The maximum Gasteiger partial charge on any atom is 0.139 e. The van der Waals surface area contributed by atoms with E-state index in [0.717, 1.165) is 22.7 Å². The number of ether oxygens (including phenoxy) is 1. The van der Waals surface area contributed by atoms with Crippen LogP contribution in [0.15, 0.2) is 42.6 Å². The number of methoxy groups -OCH3 is 1. The molecule has 0 aliphatic rings. The summed E-state index contributed by atoms with van der Waals surface area (Å²) in [5, 5.41) is 9.03. The fraction of sp³-hybridized carbons (Fsp3) is 0.176. The van der Waals surface area contributed by atoms with Crippen LogP contribution in [0.4, 0.5) is 4.39 Å². The molecule has 0 spiro atoms. The first kappa shape index (κ1) is 14.1. The molecule has 0 N–H and O–H groups in total. The van der Waals surface area contributed by atoms with Gasteiger partial charge in [0.1, 0.15) is 17.2 Å². The van der Waals surface area contributed by atoms with Gasteiger partial charge in [-0.3, -0.25) is 4.40 Å². The molecule has 3 rings (SSSR count). The minimum Gasteiger partial charge on any atom is -0.497 e. The molecule has 22 heavy (non-hydrogen) atoms. The molecule has 0 aliphatic carbocycles. The highest BCUT2D eigenvalue weighted by Gasteiger charge is 2.13. The monoisotopic (exact) mass is 295 g/mol. The van der Waals surface area contributed by atoms with Gasteiger partial charge in [-0.15, -0.1) is 0 Å². The van der Waals surface area contributed by atoms with Gasteiger partial charge in [0, 0.05) is 12.6 Å². The number of hydrogen-bond acceptors (Lipinski definition) is 3. The molecule has 0 saturated carbocycles. The Morgan fingerprint density at radius 3 is 2.95 bits per heavy atom. The minimum atomic E-state index is -0.350. The van der Waals surface area contributed by atoms with E-state index in [1.54, 1.807) is 17.6 Å². The summed E-state index contributed by atoms with van der Waals surface area (Å²) in [6.45, 7) is 0. The summed E-state index contributed by atoms with van der Waals surface area (Å²) >= 11 is 0. The summed E-state index contributed by atoms with van der Waals surface area (Å²) < 4.78 is 20.3. The Bertz CT molecular complexity index is 864. The molecule has 0 amide bonds. The van der Waals surface area contributed by atoms with Gasteiger partial charge in [0.15, 0.2) is 0 Å². The molecule has 2 aromatic heterocycles. The van der Waals surface area contributed by atoms with Crippen LogP contribution in [0.2, 0.25) is 0 Å². The highest BCUT2D eigenvalue weighted by molar-refractivity contribution is 5.45. The van der Waals surface area contributed by atoms with Crippen molar-refractivity contribution >= 4 is 5.65 Å². The number of hydrogen-bond donors (Lipinski definition) is 0. The average molecular weight is 295 g/mol. The van der Waals surface area contributed by atoms with Crippen molar-refractivity contribution in [1.82, 2.24) is 9.38 Å². The van der Waals surface area contributed by atoms with Gasteiger partial charge in [0.2, 0.25) is 0 Å². The van der Waals surface area contributed by atoms with Gasteiger partial charge in [0.05, 0.1) is 31.0 Å². The van der Waals surface area contributed by atoms with E-state index in [2.05, 4.69) is 11.1 Å². The van der Waals surface area contributed by atoms with Crippen LogP contribution < -0.4 is 4.74 Å². The zero-order valence-electron chi connectivity index (χ0n) is 12.1. The standard InChI is InChI=1S/C17H14FN3O/c1-22-14-4-2-3-12(9-14)10-15-16(7-8-19)21-11-13(18)5-6-17(21)20-15/h2-6,9,11H,7,10H2,1H3. The van der Waals surface area contributed by atoms with Crippen molar-refractivity contribution in [2.45, 2.75) is 12.8 Å². The quantitative estimate of drug-likeness (QED) is 0.743. The van der Waals surface area contributed by atoms with Crippen molar-refractivity contribution in [1.29, 1.82) is 5.26 Å². The van der Waals surface area contributed by atoms with Gasteiger partial charge < -0.3 is 4.74 Å². The smallest absolute Gasteiger partial charge is 0.139 e. The van der Waals surface area contributed by atoms with E-state index >= 15 is 0 Å². The van der Waals surface area contributed by atoms with E-state index < -0.39 is 0 Å². The largest absolute Gasteiger partial charge is 0.497 e. The van der Waals surface area contributed by atoms with Gasteiger partial charge in [0.25, 0.3) is 0 Å². The Balaban J connectivity index is 2.05. The molecule has 4 nitrogen and oxygen atoms in total. The van der Waals surface area contributed by atoms with Crippen LogP contribution >= 0.6 is 0 Å². The predicted octanol–water partition coefficient (Wildman–Crippen LogP) is 3.14. The fourth-order valence-corrected chi connectivity index (χ4v) is 2.50. The van der Waals surface area contributed by atoms with Gasteiger partial charge in [-0.1, -0.05) is 12.1 Å². The number of halogens is 1. The van der Waals surface area contributed by atoms with E-state index in [1.165, 1.54) is 12.3 Å². The summed E-state index contributed by atoms with van der Waals surface area (Å²) in [7, 11) is 1.62. The lowest BCUT2D eigenvalue weighted by atomic mass is 10.1. The number of nitriles is 1. The number of aromatic nitrogens is 2. The topological polar surface area (TPSA) is 50.3 Å². The summed E-state index contributed by atoms with van der Waals surface area (Å²) in [6.07, 6.45) is 2.12.